The number of pyridine rings is 1. The summed E-state index contributed by atoms with van der Waals surface area (Å²) in [4.78, 5) is 38.3. The molecule has 0 aliphatic carbocycles. The number of H-pyrrole nitrogens is 1. The van der Waals surface area contributed by atoms with Crippen LogP contribution in [0.15, 0.2) is 83.9 Å². The largest absolute Gasteiger partial charge is 0.361 e. The van der Waals surface area contributed by atoms with Gasteiger partial charge >= 0.3 is 0 Å². The van der Waals surface area contributed by atoms with E-state index >= 15 is 0 Å². The molecule has 6 rings (SSSR count). The first-order valence-electron chi connectivity index (χ1n) is 12.5. The molecule has 38 heavy (non-hydrogen) atoms. The zero-order chi connectivity index (χ0) is 26.1. The average Bonchev–Trinajstić information content (AvgIpc) is 3.59. The normalized spacial score (nSPS) is 14.4. The maximum atomic E-state index is 13.4. The predicted molar refractivity (Wildman–Crippen MR) is 148 cm³/mol. The molecule has 8 nitrogen and oxygen atoms in total. The molecule has 5 aromatic rings. The van der Waals surface area contributed by atoms with Crippen molar-refractivity contribution >= 4 is 34.2 Å². The number of nitrogens with one attached hydrogen (secondary N) is 3. The molecule has 1 unspecified atom stereocenters. The summed E-state index contributed by atoms with van der Waals surface area (Å²) >= 11 is 6.47. The number of fused-ring (bicyclic) bond motifs is 2. The van der Waals surface area contributed by atoms with Gasteiger partial charge in [-0.3, -0.25) is 19.1 Å². The summed E-state index contributed by atoms with van der Waals surface area (Å²) in [6.07, 6.45) is 4.48. The van der Waals surface area contributed by atoms with Crippen molar-refractivity contribution in [3.63, 3.8) is 0 Å². The fraction of sp³-hybridized carbons (Fsp3) is 0.172. The number of nitrogens with zero attached hydrogens (tertiary/aromatic N) is 3. The third-order valence-corrected chi connectivity index (χ3v) is 7.16. The number of hydrogen-bond acceptors (Lipinski definition) is 5. The van der Waals surface area contributed by atoms with Crippen LogP contribution < -0.4 is 16.2 Å². The van der Waals surface area contributed by atoms with Crippen molar-refractivity contribution in [2.45, 2.75) is 32.0 Å². The molecule has 0 saturated carbocycles. The summed E-state index contributed by atoms with van der Waals surface area (Å²) in [6, 6.07) is 21.4. The number of halogens is 1. The molecule has 190 valence electrons. The van der Waals surface area contributed by atoms with Crippen LogP contribution in [0, 0.1) is 0 Å². The fourth-order valence-corrected chi connectivity index (χ4v) is 5.24. The van der Waals surface area contributed by atoms with E-state index in [2.05, 4.69) is 43.8 Å². The van der Waals surface area contributed by atoms with E-state index in [1.54, 1.807) is 12.4 Å². The minimum Gasteiger partial charge on any atom is -0.361 e. The number of aromatic amines is 1. The van der Waals surface area contributed by atoms with E-state index in [0.717, 1.165) is 33.3 Å². The molecule has 1 amide bonds. The van der Waals surface area contributed by atoms with Gasteiger partial charge in [0.1, 0.15) is 6.04 Å². The summed E-state index contributed by atoms with van der Waals surface area (Å²) in [7, 11) is 0. The Morgan fingerprint density at radius 2 is 1.89 bits per heavy atom. The molecule has 3 N–H and O–H groups in total. The molecule has 4 heterocycles. The summed E-state index contributed by atoms with van der Waals surface area (Å²) < 4.78 is 1.49. The summed E-state index contributed by atoms with van der Waals surface area (Å²) in [5.41, 5.74) is 5.25. The van der Waals surface area contributed by atoms with Gasteiger partial charge in [-0.05, 0) is 47.7 Å². The van der Waals surface area contributed by atoms with Crippen molar-refractivity contribution in [3.05, 3.63) is 112 Å². The van der Waals surface area contributed by atoms with Crippen molar-refractivity contribution in [3.8, 4) is 11.1 Å². The standard InChI is InChI=1S/C29H25ClN6O2/c30-26-24-9-10-25(28(37)33-17-22-14-21-16-31-12-11-23(21)34-22)36(24)29(38)27(35-26)32-15-18-5-4-8-20(13-18)19-6-2-1-3-7-19/h1-8,11-14,16,25,34H,9-10,15,17H2,(H,32,35)(H,33,37). The van der Waals surface area contributed by atoms with E-state index in [9.17, 15) is 9.59 Å². The number of carbonyl (C=O) groups excluding carboxylic acids is 1. The number of anilines is 1. The first-order valence-corrected chi connectivity index (χ1v) is 12.8. The Hall–Kier alpha value is -4.43. The van der Waals surface area contributed by atoms with Crippen molar-refractivity contribution < 1.29 is 4.79 Å². The average molecular weight is 525 g/mol. The maximum absolute atomic E-state index is 13.4. The Labute approximate surface area is 223 Å². The highest BCUT2D eigenvalue weighted by Gasteiger charge is 2.32. The van der Waals surface area contributed by atoms with E-state index in [-0.39, 0.29) is 22.4 Å². The molecule has 0 radical (unpaired) electrons. The van der Waals surface area contributed by atoms with E-state index in [4.69, 9.17) is 11.6 Å². The third-order valence-electron chi connectivity index (χ3n) is 6.85. The van der Waals surface area contributed by atoms with Crippen molar-refractivity contribution in [1.29, 1.82) is 0 Å². The topological polar surface area (TPSA) is 105 Å². The molecule has 9 heteroatoms. The number of rotatable bonds is 7. The van der Waals surface area contributed by atoms with Crippen molar-refractivity contribution in [2.24, 2.45) is 0 Å². The minimum absolute atomic E-state index is 0.131. The molecule has 0 bridgehead atoms. The third kappa shape index (κ3) is 4.66. The van der Waals surface area contributed by atoms with Gasteiger partial charge in [0.15, 0.2) is 11.0 Å². The van der Waals surface area contributed by atoms with Gasteiger partial charge < -0.3 is 15.6 Å². The highest BCUT2D eigenvalue weighted by Crippen LogP contribution is 2.29. The molecule has 2 aromatic carbocycles. The Kier molecular flexibility index (Phi) is 6.39. The Morgan fingerprint density at radius 1 is 1.05 bits per heavy atom. The Balaban J connectivity index is 1.18. The summed E-state index contributed by atoms with van der Waals surface area (Å²) in [5.74, 6) is -0.0990. The molecule has 0 fully saturated rings. The number of amides is 1. The van der Waals surface area contributed by atoms with Crippen LogP contribution in [-0.4, -0.2) is 25.4 Å². The molecule has 1 atom stereocenters. The van der Waals surface area contributed by atoms with Gasteiger partial charge in [0, 0.05) is 35.5 Å². The molecular formula is C29H25ClN6O2. The lowest BCUT2D eigenvalue weighted by atomic mass is 10.0. The van der Waals surface area contributed by atoms with Gasteiger partial charge in [0.25, 0.3) is 5.56 Å². The lowest BCUT2D eigenvalue weighted by molar-refractivity contribution is -0.124. The van der Waals surface area contributed by atoms with Gasteiger partial charge in [0.05, 0.1) is 12.2 Å². The van der Waals surface area contributed by atoms with Crippen LogP contribution in [-0.2, 0) is 24.3 Å². The lowest BCUT2D eigenvalue weighted by Crippen LogP contribution is -2.36. The van der Waals surface area contributed by atoms with E-state index in [0.29, 0.717) is 31.6 Å². The first kappa shape index (κ1) is 23.9. The maximum Gasteiger partial charge on any atom is 0.294 e. The van der Waals surface area contributed by atoms with Crippen LogP contribution >= 0.6 is 11.6 Å². The number of aromatic nitrogens is 4. The second-order valence-corrected chi connectivity index (χ2v) is 9.68. The second-order valence-electron chi connectivity index (χ2n) is 9.32. The number of hydrogen-bond donors (Lipinski definition) is 3. The monoisotopic (exact) mass is 524 g/mol. The minimum atomic E-state index is -0.647. The van der Waals surface area contributed by atoms with Gasteiger partial charge in [-0.2, -0.15) is 0 Å². The number of carbonyl (C=O) groups is 1. The number of benzene rings is 2. The van der Waals surface area contributed by atoms with Crippen LogP contribution in [0.25, 0.3) is 22.0 Å². The molecule has 0 spiro atoms. The van der Waals surface area contributed by atoms with E-state index < -0.39 is 6.04 Å². The van der Waals surface area contributed by atoms with E-state index in [1.165, 1.54) is 4.57 Å². The molecule has 1 aliphatic rings. The molecule has 0 saturated heterocycles. The SMILES string of the molecule is O=C(NCc1cc2cnccc2[nH]1)C1CCc2c(Cl)nc(NCc3cccc(-c4ccccc4)c3)c(=O)n21. The van der Waals surface area contributed by atoms with Crippen LogP contribution in [0.3, 0.4) is 0 Å². The van der Waals surface area contributed by atoms with Gasteiger partial charge in [-0.25, -0.2) is 4.98 Å². The van der Waals surface area contributed by atoms with E-state index in [1.807, 2.05) is 48.5 Å². The van der Waals surface area contributed by atoms with Crippen LogP contribution in [0.5, 0.6) is 0 Å². The van der Waals surface area contributed by atoms with Gasteiger partial charge in [-0.15, -0.1) is 0 Å². The highest BCUT2D eigenvalue weighted by atomic mass is 35.5. The quantitative estimate of drug-likeness (QED) is 0.282. The van der Waals surface area contributed by atoms with Crippen LogP contribution in [0.4, 0.5) is 5.82 Å². The Morgan fingerprint density at radius 3 is 2.74 bits per heavy atom. The van der Waals surface area contributed by atoms with Gasteiger partial charge in [-0.1, -0.05) is 60.1 Å². The van der Waals surface area contributed by atoms with Crippen LogP contribution in [0.1, 0.15) is 29.4 Å². The second kappa shape index (κ2) is 10.1. The predicted octanol–water partition coefficient (Wildman–Crippen LogP) is 4.86. The molecular weight excluding hydrogens is 500 g/mol. The summed E-state index contributed by atoms with van der Waals surface area (Å²) in [6.45, 7) is 0.709. The zero-order valence-electron chi connectivity index (χ0n) is 20.4. The highest BCUT2D eigenvalue weighted by molar-refractivity contribution is 6.30. The first-order chi connectivity index (χ1) is 18.6. The van der Waals surface area contributed by atoms with Crippen molar-refractivity contribution in [1.82, 2.24) is 24.8 Å². The van der Waals surface area contributed by atoms with Gasteiger partial charge in [0.2, 0.25) is 5.91 Å². The summed E-state index contributed by atoms with van der Waals surface area (Å²) in [5, 5.41) is 7.31. The smallest absolute Gasteiger partial charge is 0.294 e. The van der Waals surface area contributed by atoms with Crippen molar-refractivity contribution in [2.75, 3.05) is 5.32 Å². The fourth-order valence-electron chi connectivity index (χ4n) is 4.97. The lowest BCUT2D eigenvalue weighted by Gasteiger charge is -2.16. The van der Waals surface area contributed by atoms with Crippen LogP contribution in [0.2, 0.25) is 5.15 Å². The molecule has 3 aromatic heterocycles. The zero-order valence-corrected chi connectivity index (χ0v) is 21.2. The molecule has 1 aliphatic heterocycles. The Bertz CT molecular complexity index is 1660.